The summed E-state index contributed by atoms with van der Waals surface area (Å²) in [7, 11) is 2.14. The number of ether oxygens (including phenoxy) is 1. The first-order chi connectivity index (χ1) is 8.13. The molecule has 2 rings (SSSR count). The summed E-state index contributed by atoms with van der Waals surface area (Å²) in [4.78, 5) is 2.32. The van der Waals surface area contributed by atoms with Crippen LogP contribution in [0.3, 0.4) is 0 Å². The van der Waals surface area contributed by atoms with Crippen LogP contribution in [0.4, 0.5) is 5.69 Å². The summed E-state index contributed by atoms with van der Waals surface area (Å²) >= 11 is 7.09. The second-order valence-corrected chi connectivity index (χ2v) is 5.87. The van der Waals surface area contributed by atoms with Crippen LogP contribution in [0.2, 0.25) is 0 Å². The van der Waals surface area contributed by atoms with E-state index in [0.29, 0.717) is 12.1 Å². The summed E-state index contributed by atoms with van der Waals surface area (Å²) < 4.78 is 6.78. The van der Waals surface area contributed by atoms with Crippen molar-refractivity contribution in [3.8, 4) is 0 Å². The zero-order valence-corrected chi connectivity index (χ0v) is 13.3. The molecule has 1 aromatic carbocycles. The van der Waals surface area contributed by atoms with E-state index in [-0.39, 0.29) is 0 Å². The van der Waals surface area contributed by atoms with E-state index in [9.17, 15) is 0 Å². The monoisotopic (exact) mass is 361 g/mol. The molecule has 0 aromatic heterocycles. The lowest BCUT2D eigenvalue weighted by Gasteiger charge is -2.29. The number of hydrogen-bond donors (Lipinski definition) is 0. The molecule has 0 aliphatic carbocycles. The topological polar surface area (TPSA) is 12.5 Å². The maximum atomic E-state index is 5.62. The Labute approximate surface area is 120 Å². The summed E-state index contributed by atoms with van der Waals surface area (Å²) in [6, 6.07) is 7.00. The molecule has 1 aliphatic heterocycles. The van der Waals surface area contributed by atoms with Crippen LogP contribution in [-0.4, -0.2) is 25.8 Å². The Hall–Kier alpha value is -0.0600. The van der Waals surface area contributed by atoms with E-state index >= 15 is 0 Å². The van der Waals surface area contributed by atoms with Gasteiger partial charge in [0.15, 0.2) is 0 Å². The summed E-state index contributed by atoms with van der Waals surface area (Å²) in [5, 5.41) is 0.876. The number of hydrogen-bond acceptors (Lipinski definition) is 2. The van der Waals surface area contributed by atoms with Crippen molar-refractivity contribution in [2.45, 2.75) is 30.8 Å². The van der Waals surface area contributed by atoms with Gasteiger partial charge in [0.1, 0.15) is 0 Å². The van der Waals surface area contributed by atoms with Crippen molar-refractivity contribution in [3.63, 3.8) is 0 Å². The minimum absolute atomic E-state index is 0.314. The Morgan fingerprint density at radius 3 is 2.76 bits per heavy atom. The third-order valence-corrected chi connectivity index (χ3v) is 4.76. The van der Waals surface area contributed by atoms with Gasteiger partial charge < -0.3 is 9.64 Å². The van der Waals surface area contributed by atoms with Gasteiger partial charge in [-0.3, -0.25) is 0 Å². The van der Waals surface area contributed by atoms with Crippen LogP contribution in [0.1, 0.15) is 18.9 Å². The van der Waals surface area contributed by atoms with Gasteiger partial charge in [-0.25, -0.2) is 0 Å². The number of benzene rings is 1. The van der Waals surface area contributed by atoms with E-state index in [4.69, 9.17) is 4.74 Å². The van der Waals surface area contributed by atoms with Crippen molar-refractivity contribution >= 4 is 37.5 Å². The first-order valence-corrected chi connectivity index (χ1v) is 7.73. The number of likely N-dealkylation sites (N-methyl/N-ethyl adjacent to an activating group) is 1. The maximum Gasteiger partial charge on any atom is 0.0750 e. The van der Waals surface area contributed by atoms with Crippen LogP contribution in [0.15, 0.2) is 22.7 Å². The van der Waals surface area contributed by atoms with Crippen molar-refractivity contribution < 1.29 is 4.74 Å². The minimum Gasteiger partial charge on any atom is -0.376 e. The van der Waals surface area contributed by atoms with Gasteiger partial charge in [0, 0.05) is 29.1 Å². The molecule has 2 nitrogen and oxygen atoms in total. The lowest BCUT2D eigenvalue weighted by atomic mass is 10.1. The highest BCUT2D eigenvalue weighted by Crippen LogP contribution is 2.29. The Kier molecular flexibility index (Phi) is 4.50. The zero-order valence-electron chi connectivity index (χ0n) is 10.1. The SMILES string of the molecule is CC1OCCC1N(C)c1ccc(CBr)c(Br)c1. The molecule has 0 saturated carbocycles. The molecular formula is C13H17Br2NO. The van der Waals surface area contributed by atoms with Gasteiger partial charge in [0.05, 0.1) is 12.1 Å². The predicted molar refractivity (Wildman–Crippen MR) is 79.0 cm³/mol. The van der Waals surface area contributed by atoms with Gasteiger partial charge >= 0.3 is 0 Å². The molecule has 0 radical (unpaired) electrons. The molecule has 94 valence electrons. The van der Waals surface area contributed by atoms with Gasteiger partial charge in [0.2, 0.25) is 0 Å². The van der Waals surface area contributed by atoms with Crippen molar-refractivity contribution in [2.75, 3.05) is 18.6 Å². The number of rotatable bonds is 3. The van der Waals surface area contributed by atoms with E-state index in [1.807, 2.05) is 0 Å². The Bertz CT molecular complexity index is 397. The maximum absolute atomic E-state index is 5.62. The minimum atomic E-state index is 0.314. The van der Waals surface area contributed by atoms with Gasteiger partial charge in [-0.1, -0.05) is 37.9 Å². The highest BCUT2D eigenvalue weighted by Gasteiger charge is 2.28. The van der Waals surface area contributed by atoms with Crippen LogP contribution in [0, 0.1) is 0 Å². The first-order valence-electron chi connectivity index (χ1n) is 5.82. The summed E-state index contributed by atoms with van der Waals surface area (Å²) in [5.74, 6) is 0. The molecule has 0 amide bonds. The van der Waals surface area contributed by atoms with Crippen molar-refractivity contribution in [1.29, 1.82) is 0 Å². The van der Waals surface area contributed by atoms with E-state index in [1.165, 1.54) is 11.3 Å². The quantitative estimate of drug-likeness (QED) is 0.754. The highest BCUT2D eigenvalue weighted by atomic mass is 79.9. The molecule has 1 heterocycles. The zero-order chi connectivity index (χ0) is 12.4. The number of anilines is 1. The Morgan fingerprint density at radius 2 is 2.24 bits per heavy atom. The fourth-order valence-corrected chi connectivity index (χ4v) is 3.66. The van der Waals surface area contributed by atoms with Crippen LogP contribution in [0.5, 0.6) is 0 Å². The van der Waals surface area contributed by atoms with E-state index in [2.05, 4.69) is 68.9 Å². The van der Waals surface area contributed by atoms with Gasteiger partial charge in [-0.05, 0) is 31.0 Å². The molecule has 1 aliphatic rings. The smallest absolute Gasteiger partial charge is 0.0750 e. The molecule has 2 atom stereocenters. The van der Waals surface area contributed by atoms with Gasteiger partial charge in [0.25, 0.3) is 0 Å². The second-order valence-electron chi connectivity index (χ2n) is 4.45. The molecular weight excluding hydrogens is 346 g/mol. The average Bonchev–Trinajstić information content (AvgIpc) is 2.74. The predicted octanol–water partition coefficient (Wildman–Crippen LogP) is 3.96. The molecule has 1 fully saturated rings. The molecule has 17 heavy (non-hydrogen) atoms. The molecule has 4 heteroatoms. The number of alkyl halides is 1. The summed E-state index contributed by atoms with van der Waals surface area (Å²) in [5.41, 5.74) is 2.52. The lowest BCUT2D eigenvalue weighted by molar-refractivity contribution is 0.118. The largest absolute Gasteiger partial charge is 0.376 e. The lowest BCUT2D eigenvalue weighted by Crippen LogP contribution is -2.36. The highest BCUT2D eigenvalue weighted by molar-refractivity contribution is 9.10. The molecule has 0 N–H and O–H groups in total. The van der Waals surface area contributed by atoms with Gasteiger partial charge in [-0.15, -0.1) is 0 Å². The third-order valence-electron chi connectivity index (χ3n) is 3.42. The van der Waals surface area contributed by atoms with E-state index in [0.717, 1.165) is 22.8 Å². The summed E-state index contributed by atoms with van der Waals surface area (Å²) in [6.45, 7) is 3.02. The molecule has 1 aromatic rings. The number of halogens is 2. The van der Waals surface area contributed by atoms with Crippen LogP contribution >= 0.6 is 31.9 Å². The van der Waals surface area contributed by atoms with Gasteiger partial charge in [-0.2, -0.15) is 0 Å². The first kappa shape index (κ1) is 13.4. The van der Waals surface area contributed by atoms with Crippen LogP contribution in [-0.2, 0) is 10.1 Å². The molecule has 0 bridgehead atoms. The van der Waals surface area contributed by atoms with Crippen LogP contribution < -0.4 is 4.90 Å². The fourth-order valence-electron chi connectivity index (χ4n) is 2.28. The Morgan fingerprint density at radius 1 is 1.47 bits per heavy atom. The number of nitrogens with zero attached hydrogens (tertiary/aromatic N) is 1. The molecule has 2 unspecified atom stereocenters. The standard InChI is InChI=1S/C13H17Br2NO/c1-9-13(5-6-17-9)16(2)11-4-3-10(8-14)12(15)7-11/h3-4,7,9,13H,5-6,8H2,1-2H3. The average molecular weight is 363 g/mol. The van der Waals surface area contributed by atoms with Crippen molar-refractivity contribution in [3.05, 3.63) is 28.2 Å². The normalized spacial score (nSPS) is 24.0. The van der Waals surface area contributed by atoms with E-state index < -0.39 is 0 Å². The van der Waals surface area contributed by atoms with Crippen LogP contribution in [0.25, 0.3) is 0 Å². The molecule has 0 spiro atoms. The third kappa shape index (κ3) is 2.85. The second kappa shape index (κ2) is 5.72. The van der Waals surface area contributed by atoms with Crippen molar-refractivity contribution in [1.82, 2.24) is 0 Å². The Balaban J connectivity index is 2.19. The van der Waals surface area contributed by atoms with Crippen molar-refractivity contribution in [2.24, 2.45) is 0 Å². The molecule has 1 saturated heterocycles. The summed E-state index contributed by atoms with van der Waals surface area (Å²) in [6.07, 6.45) is 1.42. The fraction of sp³-hybridized carbons (Fsp3) is 0.538. The van der Waals surface area contributed by atoms with E-state index in [1.54, 1.807) is 0 Å².